The van der Waals surface area contributed by atoms with E-state index in [9.17, 15) is 19.2 Å². The molecule has 4 amide bonds. The van der Waals surface area contributed by atoms with E-state index in [-0.39, 0.29) is 17.2 Å². The van der Waals surface area contributed by atoms with Gasteiger partial charge >= 0.3 is 12.0 Å². The molecule has 0 aromatic heterocycles. The molecule has 1 aliphatic carbocycles. The van der Waals surface area contributed by atoms with Crippen molar-refractivity contribution < 1.29 is 23.9 Å². The summed E-state index contributed by atoms with van der Waals surface area (Å²) < 4.78 is 5.00. The zero-order valence-corrected chi connectivity index (χ0v) is 20.3. The van der Waals surface area contributed by atoms with Gasteiger partial charge in [-0.25, -0.2) is 4.79 Å². The van der Waals surface area contributed by atoms with Crippen LogP contribution in [0.15, 0.2) is 35.2 Å². The lowest BCUT2D eigenvalue weighted by atomic mass is 9.64. The minimum atomic E-state index is -0.965. The molecule has 9 heteroatoms. The molecule has 1 aromatic rings. The molecular weight excluding hydrogens is 442 g/mol. The van der Waals surface area contributed by atoms with Crippen LogP contribution >= 0.6 is 11.8 Å². The second-order valence-electron chi connectivity index (χ2n) is 9.78. The van der Waals surface area contributed by atoms with E-state index in [1.165, 1.54) is 4.90 Å². The van der Waals surface area contributed by atoms with Crippen molar-refractivity contribution in [1.82, 2.24) is 15.5 Å². The quantitative estimate of drug-likeness (QED) is 0.246. The summed E-state index contributed by atoms with van der Waals surface area (Å²) in [6.07, 6.45) is 2.83. The lowest BCUT2D eigenvalue weighted by Gasteiger charge is -2.43. The predicted molar refractivity (Wildman–Crippen MR) is 126 cm³/mol. The van der Waals surface area contributed by atoms with E-state index in [0.717, 1.165) is 23.5 Å². The maximum Gasteiger partial charge on any atom is 0.326 e. The van der Waals surface area contributed by atoms with Gasteiger partial charge in [0.2, 0.25) is 0 Å². The molecule has 2 aliphatic rings. The van der Waals surface area contributed by atoms with E-state index in [1.807, 2.05) is 30.3 Å². The molecule has 0 bridgehead atoms. The molecule has 180 valence electrons. The number of ether oxygens (including phenoxy) is 1. The number of rotatable bonds is 9. The molecule has 1 spiro atoms. The molecule has 1 saturated heterocycles. The zero-order valence-electron chi connectivity index (χ0n) is 19.5. The Morgan fingerprint density at radius 2 is 1.94 bits per heavy atom. The number of imide groups is 1. The number of hydrogen-bond donors (Lipinski definition) is 2. The van der Waals surface area contributed by atoms with Crippen LogP contribution in [0.3, 0.4) is 0 Å². The summed E-state index contributed by atoms with van der Waals surface area (Å²) in [6, 6.07) is 9.41. The van der Waals surface area contributed by atoms with Crippen LogP contribution in [0.4, 0.5) is 4.79 Å². The molecule has 1 heterocycles. The Morgan fingerprint density at radius 3 is 2.64 bits per heavy atom. The fraction of sp³-hybridized carbons (Fsp3) is 0.583. The molecule has 1 saturated carbocycles. The summed E-state index contributed by atoms with van der Waals surface area (Å²) in [5, 5.41) is 5.53. The van der Waals surface area contributed by atoms with Gasteiger partial charge in [0.15, 0.2) is 6.61 Å². The van der Waals surface area contributed by atoms with E-state index >= 15 is 0 Å². The Kier molecular flexibility index (Phi) is 8.05. The van der Waals surface area contributed by atoms with Crippen LogP contribution in [-0.2, 0) is 19.1 Å². The Hall–Kier alpha value is -2.55. The molecule has 2 atom stereocenters. The van der Waals surface area contributed by atoms with Crippen molar-refractivity contribution >= 4 is 35.6 Å². The number of nitrogens with one attached hydrogen (secondary N) is 2. The van der Waals surface area contributed by atoms with Gasteiger partial charge in [-0.05, 0) is 54.9 Å². The van der Waals surface area contributed by atoms with Crippen LogP contribution in [-0.4, -0.2) is 59.7 Å². The molecule has 1 aromatic carbocycles. The van der Waals surface area contributed by atoms with Crippen LogP contribution in [0.5, 0.6) is 0 Å². The second kappa shape index (κ2) is 10.6. The molecule has 2 unspecified atom stereocenters. The number of hydrogen-bond acceptors (Lipinski definition) is 6. The topological polar surface area (TPSA) is 105 Å². The van der Waals surface area contributed by atoms with E-state index < -0.39 is 36.6 Å². The van der Waals surface area contributed by atoms with Crippen LogP contribution in [0, 0.1) is 11.3 Å². The number of nitrogens with zero attached hydrogens (tertiary/aromatic N) is 1. The average molecular weight is 476 g/mol. The number of amides is 4. The summed E-state index contributed by atoms with van der Waals surface area (Å²) in [5.74, 6) is -0.449. The molecule has 2 fully saturated rings. The van der Waals surface area contributed by atoms with Crippen molar-refractivity contribution in [3.63, 3.8) is 0 Å². The number of urea groups is 1. The van der Waals surface area contributed by atoms with Gasteiger partial charge in [0.05, 0.1) is 0 Å². The van der Waals surface area contributed by atoms with E-state index in [1.54, 1.807) is 11.8 Å². The highest BCUT2D eigenvalue weighted by Gasteiger charge is 2.56. The fourth-order valence-corrected chi connectivity index (χ4v) is 5.90. The summed E-state index contributed by atoms with van der Waals surface area (Å²) in [4.78, 5) is 51.8. The highest BCUT2D eigenvalue weighted by Crippen LogP contribution is 2.46. The van der Waals surface area contributed by atoms with Gasteiger partial charge in [0.1, 0.15) is 12.1 Å². The molecule has 0 radical (unpaired) electrons. The normalized spacial score (nSPS) is 24.0. The van der Waals surface area contributed by atoms with Crippen molar-refractivity contribution in [1.29, 1.82) is 0 Å². The third-order valence-corrected chi connectivity index (χ3v) is 7.03. The van der Waals surface area contributed by atoms with Crippen molar-refractivity contribution in [2.45, 2.75) is 56.9 Å². The monoisotopic (exact) mass is 475 g/mol. The smallest absolute Gasteiger partial charge is 0.326 e. The lowest BCUT2D eigenvalue weighted by Crippen LogP contribution is -2.54. The van der Waals surface area contributed by atoms with Gasteiger partial charge in [-0.3, -0.25) is 19.3 Å². The van der Waals surface area contributed by atoms with Crippen LogP contribution in [0.25, 0.3) is 0 Å². The third-order valence-electron chi connectivity index (χ3n) is 5.93. The Balaban J connectivity index is 1.38. The average Bonchev–Trinajstić information content (AvgIpc) is 2.94. The molecule has 33 heavy (non-hydrogen) atoms. The van der Waals surface area contributed by atoms with Gasteiger partial charge in [-0.2, -0.15) is 0 Å². The number of thioether (sulfide) groups is 1. The summed E-state index contributed by atoms with van der Waals surface area (Å²) in [5.41, 5.74) is -1.05. The number of carbonyl (C=O) groups excluding carboxylic acids is 4. The van der Waals surface area contributed by atoms with Gasteiger partial charge in [-0.1, -0.05) is 39.0 Å². The van der Waals surface area contributed by atoms with Crippen molar-refractivity contribution in [2.75, 3.05) is 25.4 Å². The van der Waals surface area contributed by atoms with Crippen molar-refractivity contribution in [3.8, 4) is 0 Å². The Bertz CT molecular complexity index is 891. The maximum atomic E-state index is 13.1. The van der Waals surface area contributed by atoms with Gasteiger partial charge in [0.25, 0.3) is 11.8 Å². The third kappa shape index (κ3) is 6.72. The molecule has 2 N–H and O–H groups in total. The van der Waals surface area contributed by atoms with Gasteiger partial charge < -0.3 is 15.4 Å². The van der Waals surface area contributed by atoms with Gasteiger partial charge in [0, 0.05) is 11.4 Å². The molecule has 8 nitrogen and oxygen atoms in total. The SMILES string of the molecule is CC1CC(C)(C)CC2(C1)NC(=O)N(CC(=O)OCC(=O)NCCCSc1ccccc1)C2=O. The summed E-state index contributed by atoms with van der Waals surface area (Å²) in [7, 11) is 0. The predicted octanol–water partition coefficient (Wildman–Crippen LogP) is 2.97. The van der Waals surface area contributed by atoms with Crippen molar-refractivity contribution in [3.05, 3.63) is 30.3 Å². The molecular formula is C24H33N3O5S. The first-order valence-electron chi connectivity index (χ1n) is 11.3. The van der Waals surface area contributed by atoms with Crippen LogP contribution in [0.1, 0.15) is 46.5 Å². The van der Waals surface area contributed by atoms with Crippen LogP contribution in [0.2, 0.25) is 0 Å². The Morgan fingerprint density at radius 1 is 1.21 bits per heavy atom. The molecule has 3 rings (SSSR count). The second-order valence-corrected chi connectivity index (χ2v) is 11.0. The Labute approximate surface area is 199 Å². The van der Waals surface area contributed by atoms with E-state index in [2.05, 4.69) is 31.4 Å². The highest BCUT2D eigenvalue weighted by atomic mass is 32.2. The number of benzene rings is 1. The fourth-order valence-electron chi connectivity index (χ4n) is 5.03. The minimum Gasteiger partial charge on any atom is -0.454 e. The minimum absolute atomic E-state index is 0.0885. The number of esters is 1. The summed E-state index contributed by atoms with van der Waals surface area (Å²) >= 11 is 1.71. The van der Waals surface area contributed by atoms with Crippen molar-refractivity contribution in [2.24, 2.45) is 11.3 Å². The van der Waals surface area contributed by atoms with Crippen LogP contribution < -0.4 is 10.6 Å². The summed E-state index contributed by atoms with van der Waals surface area (Å²) in [6.45, 7) is 5.77. The standard InChI is InChI=1S/C24H33N3O5S/c1-17-12-23(2,3)16-24(13-17)21(30)27(22(31)26-24)14-20(29)32-15-19(28)25-10-7-11-33-18-8-5-4-6-9-18/h4-6,8-9,17H,7,10-16H2,1-3H3,(H,25,28)(H,26,31). The number of carbonyl (C=O) groups is 4. The first-order valence-corrected chi connectivity index (χ1v) is 12.3. The first kappa shape index (κ1) is 25.1. The first-order chi connectivity index (χ1) is 15.6. The lowest BCUT2D eigenvalue weighted by molar-refractivity contribution is -0.151. The molecule has 1 aliphatic heterocycles. The van der Waals surface area contributed by atoms with E-state index in [0.29, 0.717) is 19.4 Å². The zero-order chi connectivity index (χ0) is 24.1. The van der Waals surface area contributed by atoms with E-state index in [4.69, 9.17) is 4.74 Å². The highest BCUT2D eigenvalue weighted by molar-refractivity contribution is 7.99. The van der Waals surface area contributed by atoms with Gasteiger partial charge in [-0.15, -0.1) is 11.8 Å². The maximum absolute atomic E-state index is 13.1. The largest absolute Gasteiger partial charge is 0.454 e.